The number of alkyl halides is 6. The second-order valence-electron chi connectivity index (χ2n) is 4.20. The van der Waals surface area contributed by atoms with E-state index in [2.05, 4.69) is 0 Å². The molecular formula is C11H7Cl2F6NO2. The molecule has 0 radical (unpaired) electrons. The Morgan fingerprint density at radius 3 is 2.05 bits per heavy atom. The summed E-state index contributed by atoms with van der Waals surface area (Å²) in [4.78, 5) is 11.4. The van der Waals surface area contributed by atoms with Gasteiger partial charge in [-0.15, -0.1) is 0 Å². The van der Waals surface area contributed by atoms with Gasteiger partial charge >= 0.3 is 12.4 Å². The summed E-state index contributed by atoms with van der Waals surface area (Å²) < 4.78 is 74.7. The number of nitrogens with one attached hydrogen (secondary N) is 1. The van der Waals surface area contributed by atoms with Crippen molar-refractivity contribution in [1.29, 1.82) is 0 Å². The van der Waals surface area contributed by atoms with E-state index in [0.29, 0.717) is 0 Å². The Labute approximate surface area is 129 Å². The van der Waals surface area contributed by atoms with Crippen LogP contribution in [0, 0.1) is 0 Å². The van der Waals surface area contributed by atoms with Gasteiger partial charge < -0.3 is 10.4 Å². The van der Waals surface area contributed by atoms with Crippen molar-refractivity contribution in [2.24, 2.45) is 0 Å². The molecule has 0 atom stereocenters. The number of anilines is 1. The van der Waals surface area contributed by atoms with Gasteiger partial charge in [0.25, 0.3) is 5.60 Å². The number of rotatable bonds is 3. The molecule has 22 heavy (non-hydrogen) atoms. The molecule has 0 fully saturated rings. The number of halogens is 8. The third-order valence-corrected chi connectivity index (χ3v) is 3.12. The van der Waals surface area contributed by atoms with Gasteiger partial charge in [-0.05, 0) is 18.2 Å². The molecule has 1 amide bonds. The Morgan fingerprint density at radius 2 is 1.59 bits per heavy atom. The summed E-state index contributed by atoms with van der Waals surface area (Å²) in [7, 11) is 0. The number of benzene rings is 1. The van der Waals surface area contributed by atoms with E-state index in [0.717, 1.165) is 6.07 Å². The number of carbonyl (C=O) groups is 1. The van der Waals surface area contributed by atoms with Crippen molar-refractivity contribution in [2.45, 2.75) is 24.4 Å². The molecule has 0 bridgehead atoms. The standard InChI is InChI=1S/C11H7Cl2F6NO2/c12-5-1-2-6(13)7(3-5)20-8(21)4-9(22,10(14,15)16)11(17,18)19/h1-3,22H,4H2,(H,20,21). The van der Waals surface area contributed by atoms with Crippen LogP contribution < -0.4 is 5.32 Å². The van der Waals surface area contributed by atoms with Gasteiger partial charge in [0.15, 0.2) is 0 Å². The molecule has 1 aromatic rings. The molecule has 3 nitrogen and oxygen atoms in total. The highest BCUT2D eigenvalue weighted by Crippen LogP contribution is 2.45. The zero-order valence-electron chi connectivity index (χ0n) is 10.3. The molecule has 0 aliphatic rings. The number of aliphatic hydroxyl groups is 1. The zero-order valence-corrected chi connectivity index (χ0v) is 11.8. The summed E-state index contributed by atoms with van der Waals surface area (Å²) in [6.45, 7) is 0. The lowest BCUT2D eigenvalue weighted by Crippen LogP contribution is -2.58. The van der Waals surface area contributed by atoms with Crippen LogP contribution in [-0.2, 0) is 4.79 Å². The molecule has 2 N–H and O–H groups in total. The van der Waals surface area contributed by atoms with E-state index in [9.17, 15) is 31.1 Å². The first-order chi connectivity index (χ1) is 9.78. The summed E-state index contributed by atoms with van der Waals surface area (Å²) in [5.74, 6) is -1.73. The monoisotopic (exact) mass is 369 g/mol. The molecular weight excluding hydrogens is 363 g/mol. The van der Waals surface area contributed by atoms with Crippen molar-refractivity contribution in [2.75, 3.05) is 5.32 Å². The smallest absolute Gasteiger partial charge is 0.373 e. The molecule has 0 unspecified atom stereocenters. The second kappa shape index (κ2) is 6.13. The highest BCUT2D eigenvalue weighted by Gasteiger charge is 2.71. The summed E-state index contributed by atoms with van der Waals surface area (Å²) in [6.07, 6.45) is -14.4. The van der Waals surface area contributed by atoms with Crippen LogP contribution >= 0.6 is 23.2 Å². The van der Waals surface area contributed by atoms with Gasteiger partial charge in [-0.1, -0.05) is 23.2 Å². The Kier molecular flexibility index (Phi) is 5.26. The lowest BCUT2D eigenvalue weighted by molar-refractivity contribution is -0.366. The first-order valence-corrected chi connectivity index (χ1v) is 6.14. The van der Waals surface area contributed by atoms with Crippen LogP contribution in [0.15, 0.2) is 18.2 Å². The highest BCUT2D eigenvalue weighted by atomic mass is 35.5. The van der Waals surface area contributed by atoms with Crippen LogP contribution in [0.5, 0.6) is 0 Å². The molecule has 0 spiro atoms. The molecule has 0 aliphatic carbocycles. The predicted molar refractivity (Wildman–Crippen MR) is 66.8 cm³/mol. The molecule has 1 aromatic carbocycles. The quantitative estimate of drug-likeness (QED) is 0.785. The number of carbonyl (C=O) groups excluding carboxylic acids is 1. The van der Waals surface area contributed by atoms with E-state index in [-0.39, 0.29) is 15.7 Å². The van der Waals surface area contributed by atoms with E-state index >= 15 is 0 Å². The topological polar surface area (TPSA) is 49.3 Å². The molecule has 0 aliphatic heterocycles. The van der Waals surface area contributed by atoms with Gasteiger partial charge in [0.1, 0.15) is 0 Å². The third kappa shape index (κ3) is 3.96. The lowest BCUT2D eigenvalue weighted by Gasteiger charge is -2.31. The Morgan fingerprint density at radius 1 is 1.09 bits per heavy atom. The average molecular weight is 370 g/mol. The second-order valence-corrected chi connectivity index (χ2v) is 5.05. The van der Waals surface area contributed by atoms with E-state index in [1.165, 1.54) is 12.1 Å². The number of amides is 1. The normalized spacial score (nSPS) is 13.1. The van der Waals surface area contributed by atoms with Crippen molar-refractivity contribution in [3.63, 3.8) is 0 Å². The minimum Gasteiger partial charge on any atom is -0.373 e. The fourth-order valence-electron chi connectivity index (χ4n) is 1.38. The largest absolute Gasteiger partial charge is 0.426 e. The van der Waals surface area contributed by atoms with E-state index in [1.54, 1.807) is 5.32 Å². The van der Waals surface area contributed by atoms with Crippen molar-refractivity contribution < 1.29 is 36.2 Å². The van der Waals surface area contributed by atoms with Crippen LogP contribution in [0.4, 0.5) is 32.0 Å². The average Bonchev–Trinajstić information content (AvgIpc) is 2.30. The minimum atomic E-state index is -6.08. The molecule has 0 aromatic heterocycles. The first kappa shape index (κ1) is 18.9. The van der Waals surface area contributed by atoms with Crippen LogP contribution in [0.3, 0.4) is 0 Å². The highest BCUT2D eigenvalue weighted by molar-refractivity contribution is 6.35. The molecule has 1 rings (SSSR count). The molecule has 11 heteroatoms. The number of hydrogen-bond acceptors (Lipinski definition) is 2. The van der Waals surface area contributed by atoms with E-state index < -0.39 is 30.3 Å². The van der Waals surface area contributed by atoms with Gasteiger partial charge in [0.2, 0.25) is 5.91 Å². The fourth-order valence-corrected chi connectivity index (χ4v) is 1.72. The van der Waals surface area contributed by atoms with Crippen LogP contribution in [0.1, 0.15) is 6.42 Å². The van der Waals surface area contributed by atoms with Crippen molar-refractivity contribution in [3.8, 4) is 0 Å². The third-order valence-electron chi connectivity index (χ3n) is 2.56. The van der Waals surface area contributed by atoms with Crippen molar-refractivity contribution in [3.05, 3.63) is 28.2 Å². The summed E-state index contributed by atoms with van der Waals surface area (Å²) >= 11 is 11.2. The maximum atomic E-state index is 12.4. The Balaban J connectivity index is 3.01. The van der Waals surface area contributed by atoms with Gasteiger partial charge in [-0.25, -0.2) is 0 Å². The predicted octanol–water partition coefficient (Wildman–Crippen LogP) is 4.18. The van der Waals surface area contributed by atoms with Crippen LogP contribution in [0.25, 0.3) is 0 Å². The summed E-state index contributed by atoms with van der Waals surface area (Å²) in [6, 6.07) is 3.50. The van der Waals surface area contributed by atoms with E-state index in [4.69, 9.17) is 28.3 Å². The number of hydrogen-bond donors (Lipinski definition) is 2. The van der Waals surface area contributed by atoms with Crippen molar-refractivity contribution in [1.82, 2.24) is 0 Å². The zero-order chi connectivity index (χ0) is 17.3. The van der Waals surface area contributed by atoms with Gasteiger partial charge in [0, 0.05) is 5.02 Å². The summed E-state index contributed by atoms with van der Waals surface area (Å²) in [5, 5.41) is 10.5. The fraction of sp³-hybridized carbons (Fsp3) is 0.364. The molecule has 0 saturated heterocycles. The van der Waals surface area contributed by atoms with Gasteiger partial charge in [0.05, 0.1) is 17.1 Å². The van der Waals surface area contributed by atoms with E-state index in [1.807, 2.05) is 0 Å². The van der Waals surface area contributed by atoms with Crippen LogP contribution in [-0.4, -0.2) is 29.0 Å². The Hall–Kier alpha value is -1.19. The minimum absolute atomic E-state index is 0.0432. The summed E-state index contributed by atoms with van der Waals surface area (Å²) in [5.41, 5.74) is -5.46. The lowest BCUT2D eigenvalue weighted by atomic mass is 9.97. The van der Waals surface area contributed by atoms with Gasteiger partial charge in [-0.3, -0.25) is 4.79 Å². The van der Waals surface area contributed by atoms with Crippen molar-refractivity contribution >= 4 is 34.8 Å². The SMILES string of the molecule is O=C(CC(O)(C(F)(F)F)C(F)(F)F)Nc1cc(Cl)ccc1Cl. The molecule has 0 saturated carbocycles. The maximum absolute atomic E-state index is 12.4. The molecule has 0 heterocycles. The Bertz CT molecular complexity index is 559. The maximum Gasteiger partial charge on any atom is 0.426 e. The first-order valence-electron chi connectivity index (χ1n) is 5.38. The molecule has 124 valence electrons. The van der Waals surface area contributed by atoms with Gasteiger partial charge in [-0.2, -0.15) is 26.3 Å². The van der Waals surface area contributed by atoms with Crippen LogP contribution in [0.2, 0.25) is 10.0 Å².